The Hall–Kier alpha value is -0.100. The minimum atomic E-state index is -0.789. The van der Waals surface area contributed by atoms with E-state index in [1.165, 1.54) is 0 Å². The van der Waals surface area contributed by atoms with Crippen LogP contribution in [0.2, 0.25) is 0 Å². The molecule has 0 bridgehead atoms. The van der Waals surface area contributed by atoms with Gasteiger partial charge in [-0.1, -0.05) is 45.7 Å². The van der Waals surface area contributed by atoms with Crippen molar-refractivity contribution in [2.75, 3.05) is 6.61 Å². The van der Waals surface area contributed by atoms with E-state index in [2.05, 4.69) is 31.9 Å². The zero-order valence-corrected chi connectivity index (χ0v) is 12.9. The monoisotopic (exact) mass is 360 g/mol. The fraction of sp³-hybridized carbons (Fsp3) is 0.800. The fourth-order valence-electron chi connectivity index (χ4n) is 0.574. The Kier molecular flexibility index (Phi) is 13.0. The first kappa shape index (κ1) is 18.3. The van der Waals surface area contributed by atoms with E-state index < -0.39 is 5.97 Å². The average Bonchev–Trinajstić information content (AvgIpc) is 2.27. The van der Waals surface area contributed by atoms with Crippen LogP contribution in [0.4, 0.5) is 0 Å². The van der Waals surface area contributed by atoms with Crippen molar-refractivity contribution in [2.24, 2.45) is 0 Å². The van der Waals surface area contributed by atoms with Gasteiger partial charge in [0.15, 0.2) is 0 Å². The van der Waals surface area contributed by atoms with Gasteiger partial charge in [0.05, 0.1) is 6.61 Å². The van der Waals surface area contributed by atoms with Crippen LogP contribution in [0.3, 0.4) is 0 Å². The summed E-state index contributed by atoms with van der Waals surface area (Å²) < 4.78 is 4.71. The molecule has 0 heterocycles. The second-order valence-corrected chi connectivity index (χ2v) is 5.05. The standard InChI is InChI=1S/C6H11BrO2.C4H7BrO2/c1-3-5(7)6(8)9-4-2;1-2-3(5)4(6)7/h5H,3-4H2,1-2H3;3H,2H2,1H3,(H,6,7)/t5-;3-/m01/s1. The van der Waals surface area contributed by atoms with Gasteiger partial charge in [0.25, 0.3) is 0 Å². The van der Waals surface area contributed by atoms with Gasteiger partial charge >= 0.3 is 11.9 Å². The van der Waals surface area contributed by atoms with Crippen LogP contribution in [0.15, 0.2) is 0 Å². The van der Waals surface area contributed by atoms with Crippen molar-refractivity contribution in [3.05, 3.63) is 0 Å². The molecule has 0 saturated carbocycles. The Morgan fingerprint density at radius 2 is 1.56 bits per heavy atom. The van der Waals surface area contributed by atoms with Gasteiger partial charge in [0, 0.05) is 0 Å². The first-order valence-electron chi connectivity index (χ1n) is 5.08. The molecule has 0 aliphatic carbocycles. The first-order chi connectivity index (χ1) is 7.40. The molecule has 0 aromatic rings. The molecule has 0 spiro atoms. The molecule has 2 atom stereocenters. The minimum Gasteiger partial charge on any atom is -0.480 e. The fourth-order valence-corrected chi connectivity index (χ4v) is 0.706. The normalized spacial score (nSPS) is 13.1. The maximum absolute atomic E-state index is 10.7. The van der Waals surface area contributed by atoms with E-state index in [0.29, 0.717) is 13.0 Å². The summed E-state index contributed by atoms with van der Waals surface area (Å²) in [5, 5.41) is 8.14. The van der Waals surface area contributed by atoms with E-state index in [0.717, 1.165) is 6.42 Å². The number of hydrogen-bond donors (Lipinski definition) is 1. The van der Waals surface area contributed by atoms with E-state index >= 15 is 0 Å². The molecule has 0 aromatic carbocycles. The summed E-state index contributed by atoms with van der Waals surface area (Å²) >= 11 is 6.11. The SMILES string of the molecule is CCOC(=O)[C@@H](Br)CC.CC[C@@H](Br)C(=O)O. The van der Waals surface area contributed by atoms with Crippen molar-refractivity contribution in [3.8, 4) is 0 Å². The number of ether oxygens (including phenoxy) is 1. The molecule has 0 rings (SSSR count). The molecule has 16 heavy (non-hydrogen) atoms. The van der Waals surface area contributed by atoms with Crippen LogP contribution in [0.1, 0.15) is 33.6 Å². The molecule has 0 aromatic heterocycles. The number of carboxylic acids is 1. The highest BCUT2D eigenvalue weighted by atomic mass is 79.9. The lowest BCUT2D eigenvalue weighted by Gasteiger charge is -2.04. The van der Waals surface area contributed by atoms with Crippen LogP contribution in [0.5, 0.6) is 0 Å². The van der Waals surface area contributed by atoms with Gasteiger partial charge < -0.3 is 9.84 Å². The number of carbonyl (C=O) groups is 2. The molecular weight excluding hydrogens is 344 g/mol. The Morgan fingerprint density at radius 1 is 1.12 bits per heavy atom. The summed E-state index contributed by atoms with van der Waals surface area (Å²) in [6.45, 7) is 6.00. The summed E-state index contributed by atoms with van der Waals surface area (Å²) in [5.41, 5.74) is 0. The van der Waals surface area contributed by atoms with Crippen molar-refractivity contribution in [2.45, 2.75) is 43.3 Å². The highest BCUT2D eigenvalue weighted by molar-refractivity contribution is 9.10. The maximum Gasteiger partial charge on any atom is 0.319 e. The summed E-state index contributed by atoms with van der Waals surface area (Å²) in [7, 11) is 0. The number of rotatable bonds is 5. The van der Waals surface area contributed by atoms with Crippen molar-refractivity contribution in [3.63, 3.8) is 0 Å². The van der Waals surface area contributed by atoms with Gasteiger partial charge in [-0.05, 0) is 19.8 Å². The van der Waals surface area contributed by atoms with Crippen LogP contribution < -0.4 is 0 Å². The molecule has 0 saturated heterocycles. The zero-order chi connectivity index (χ0) is 13.1. The quantitative estimate of drug-likeness (QED) is 0.604. The summed E-state index contributed by atoms with van der Waals surface area (Å²) in [6.07, 6.45) is 1.41. The minimum absolute atomic E-state index is 0.127. The largest absolute Gasteiger partial charge is 0.480 e. The Labute approximate surface area is 113 Å². The Bertz CT molecular complexity index is 209. The topological polar surface area (TPSA) is 63.6 Å². The number of aliphatic carboxylic acids is 1. The van der Waals surface area contributed by atoms with Crippen LogP contribution in [-0.2, 0) is 14.3 Å². The third-order valence-electron chi connectivity index (χ3n) is 1.53. The molecule has 0 fully saturated rings. The molecule has 0 aliphatic heterocycles. The van der Waals surface area contributed by atoms with E-state index in [-0.39, 0.29) is 15.6 Å². The molecular formula is C10H18Br2O4. The molecule has 4 nitrogen and oxygen atoms in total. The number of carbonyl (C=O) groups excluding carboxylic acids is 1. The molecule has 0 aliphatic rings. The van der Waals surface area contributed by atoms with E-state index in [1.807, 2.05) is 13.8 Å². The molecule has 0 unspecified atom stereocenters. The number of hydrogen-bond acceptors (Lipinski definition) is 3. The van der Waals surface area contributed by atoms with Gasteiger partial charge in [0.1, 0.15) is 9.65 Å². The number of alkyl halides is 2. The summed E-state index contributed by atoms with van der Waals surface area (Å²) in [4.78, 5) is 20.1. The smallest absolute Gasteiger partial charge is 0.319 e. The average molecular weight is 362 g/mol. The van der Waals surface area contributed by atoms with Crippen molar-refractivity contribution in [1.82, 2.24) is 0 Å². The lowest BCUT2D eigenvalue weighted by atomic mass is 10.3. The number of esters is 1. The van der Waals surface area contributed by atoms with Gasteiger partial charge in [-0.2, -0.15) is 0 Å². The number of carboxylic acid groups (broad SMARTS) is 1. The maximum atomic E-state index is 10.7. The van der Waals surface area contributed by atoms with Crippen LogP contribution >= 0.6 is 31.9 Å². The highest BCUT2D eigenvalue weighted by Crippen LogP contribution is 2.05. The second kappa shape index (κ2) is 11.4. The van der Waals surface area contributed by atoms with Gasteiger partial charge in [0.2, 0.25) is 0 Å². The zero-order valence-electron chi connectivity index (χ0n) is 9.70. The van der Waals surface area contributed by atoms with Crippen LogP contribution in [-0.4, -0.2) is 33.3 Å². The van der Waals surface area contributed by atoms with E-state index in [1.54, 1.807) is 6.92 Å². The molecule has 6 heteroatoms. The molecule has 96 valence electrons. The Morgan fingerprint density at radius 3 is 1.75 bits per heavy atom. The molecule has 0 radical (unpaired) electrons. The highest BCUT2D eigenvalue weighted by Gasteiger charge is 2.11. The van der Waals surface area contributed by atoms with Gasteiger partial charge in [-0.25, -0.2) is 0 Å². The summed E-state index contributed by atoms with van der Waals surface area (Å²) in [6, 6.07) is 0. The van der Waals surface area contributed by atoms with Crippen molar-refractivity contribution < 1.29 is 19.4 Å². The van der Waals surface area contributed by atoms with Crippen molar-refractivity contribution in [1.29, 1.82) is 0 Å². The van der Waals surface area contributed by atoms with Gasteiger partial charge in [-0.3, -0.25) is 9.59 Å². The number of halogens is 2. The van der Waals surface area contributed by atoms with E-state index in [4.69, 9.17) is 9.84 Å². The predicted molar refractivity (Wildman–Crippen MR) is 70.3 cm³/mol. The third kappa shape index (κ3) is 10.4. The Balaban J connectivity index is 0. The first-order valence-corrected chi connectivity index (χ1v) is 6.91. The molecule has 1 N–H and O–H groups in total. The van der Waals surface area contributed by atoms with E-state index in [9.17, 15) is 9.59 Å². The predicted octanol–water partition coefficient (Wildman–Crippen LogP) is 2.97. The van der Waals surface area contributed by atoms with Crippen LogP contribution in [0.25, 0.3) is 0 Å². The lowest BCUT2D eigenvalue weighted by molar-refractivity contribution is -0.142. The second-order valence-electron chi connectivity index (χ2n) is 2.84. The van der Waals surface area contributed by atoms with Gasteiger partial charge in [-0.15, -0.1) is 0 Å². The van der Waals surface area contributed by atoms with Crippen molar-refractivity contribution >= 4 is 43.8 Å². The third-order valence-corrected chi connectivity index (χ3v) is 3.59. The lowest BCUT2D eigenvalue weighted by Crippen LogP contribution is -2.15. The van der Waals surface area contributed by atoms with Crippen LogP contribution in [0, 0.1) is 0 Å². The molecule has 0 amide bonds. The summed E-state index contributed by atoms with van der Waals surface area (Å²) in [5.74, 6) is -0.956.